The van der Waals surface area contributed by atoms with Crippen LogP contribution in [0.2, 0.25) is 0 Å². The van der Waals surface area contributed by atoms with Gasteiger partial charge in [-0.05, 0) is 51.3 Å². The lowest BCUT2D eigenvalue weighted by atomic mass is 9.97. The van der Waals surface area contributed by atoms with Gasteiger partial charge in [0, 0.05) is 19.1 Å². The van der Waals surface area contributed by atoms with Gasteiger partial charge in [0.05, 0.1) is 20.1 Å². The molecule has 0 spiro atoms. The Hall–Kier alpha value is -1.75. The summed E-state index contributed by atoms with van der Waals surface area (Å²) in [5.74, 6) is 1.97. The molecule has 0 saturated carbocycles. The Labute approximate surface area is 145 Å². The van der Waals surface area contributed by atoms with Crippen molar-refractivity contribution in [2.24, 2.45) is 5.92 Å². The van der Waals surface area contributed by atoms with E-state index in [4.69, 9.17) is 9.47 Å². The van der Waals surface area contributed by atoms with E-state index in [0.29, 0.717) is 36.5 Å². The van der Waals surface area contributed by atoms with Crippen LogP contribution in [0.15, 0.2) is 24.3 Å². The zero-order valence-electron chi connectivity index (χ0n) is 15.1. The second-order valence-corrected chi connectivity index (χ2v) is 6.65. The molecule has 1 heterocycles. The summed E-state index contributed by atoms with van der Waals surface area (Å²) in [5.41, 5.74) is 0. The minimum atomic E-state index is 0.0477. The molecule has 1 aliphatic rings. The first kappa shape index (κ1) is 18.6. The van der Waals surface area contributed by atoms with Crippen LogP contribution >= 0.6 is 0 Å². The number of carbonyl (C=O) groups excluding carboxylic acids is 1. The van der Waals surface area contributed by atoms with Crippen LogP contribution in [0, 0.1) is 5.92 Å². The smallest absolute Gasteiger partial charge is 0.223 e. The van der Waals surface area contributed by atoms with Gasteiger partial charge in [0.15, 0.2) is 11.5 Å². The quantitative estimate of drug-likeness (QED) is 0.794. The van der Waals surface area contributed by atoms with Crippen LogP contribution in [-0.2, 0) is 4.79 Å². The van der Waals surface area contributed by atoms with Crippen LogP contribution in [0.25, 0.3) is 0 Å². The summed E-state index contributed by atoms with van der Waals surface area (Å²) in [4.78, 5) is 14.5. The number of ether oxygens (including phenoxy) is 2. The van der Waals surface area contributed by atoms with Gasteiger partial charge < -0.3 is 19.7 Å². The molecule has 2 rings (SSSR count). The van der Waals surface area contributed by atoms with E-state index >= 15 is 0 Å². The number of methoxy groups -OCH3 is 1. The highest BCUT2D eigenvalue weighted by atomic mass is 16.5. The molecule has 1 aliphatic heterocycles. The molecule has 1 aromatic carbocycles. The summed E-state index contributed by atoms with van der Waals surface area (Å²) in [6.07, 6.45) is 2.77. The summed E-state index contributed by atoms with van der Waals surface area (Å²) in [7, 11) is 1.61. The van der Waals surface area contributed by atoms with Crippen molar-refractivity contribution in [3.8, 4) is 11.5 Å². The van der Waals surface area contributed by atoms with Crippen LogP contribution < -0.4 is 14.8 Å². The second-order valence-electron chi connectivity index (χ2n) is 6.65. The average molecular weight is 334 g/mol. The number of likely N-dealkylation sites (tertiary alicyclic amines) is 1. The standard InChI is InChI=1S/C19H30N2O3/c1-15(2)21-11-6-7-16(14-21)13-20-19(22)10-12-24-18-9-5-4-8-17(18)23-3/h4-5,8-9,15-16H,6-7,10-14H2,1-3H3,(H,20,22)/t16-/m1/s1. The van der Waals surface area contributed by atoms with Crippen molar-refractivity contribution in [2.45, 2.75) is 39.2 Å². The largest absolute Gasteiger partial charge is 0.493 e. The minimum Gasteiger partial charge on any atom is -0.493 e. The molecule has 0 unspecified atom stereocenters. The van der Waals surface area contributed by atoms with E-state index in [0.717, 1.165) is 13.1 Å². The molecule has 1 atom stereocenters. The molecular weight excluding hydrogens is 304 g/mol. The summed E-state index contributed by atoms with van der Waals surface area (Å²) in [6.45, 7) is 7.84. The van der Waals surface area contributed by atoms with Gasteiger partial charge in [-0.25, -0.2) is 0 Å². The summed E-state index contributed by atoms with van der Waals surface area (Å²) < 4.78 is 10.9. The van der Waals surface area contributed by atoms with Crippen molar-refractivity contribution < 1.29 is 14.3 Å². The Morgan fingerprint density at radius 3 is 2.79 bits per heavy atom. The lowest BCUT2D eigenvalue weighted by molar-refractivity contribution is -0.121. The van der Waals surface area contributed by atoms with Gasteiger partial charge in [0.1, 0.15) is 0 Å². The molecule has 1 amide bonds. The monoisotopic (exact) mass is 334 g/mol. The number of piperidine rings is 1. The molecule has 0 aromatic heterocycles. The Morgan fingerprint density at radius 1 is 1.33 bits per heavy atom. The molecular formula is C19H30N2O3. The molecule has 1 fully saturated rings. The normalized spacial score (nSPS) is 18.4. The van der Waals surface area contributed by atoms with Gasteiger partial charge >= 0.3 is 0 Å². The maximum absolute atomic E-state index is 12.0. The van der Waals surface area contributed by atoms with Gasteiger partial charge in [-0.3, -0.25) is 4.79 Å². The topological polar surface area (TPSA) is 50.8 Å². The molecule has 1 N–H and O–H groups in total. The second kappa shape index (κ2) is 9.52. The van der Waals surface area contributed by atoms with Gasteiger partial charge in [0.25, 0.3) is 0 Å². The van der Waals surface area contributed by atoms with Gasteiger partial charge in [-0.1, -0.05) is 12.1 Å². The van der Waals surface area contributed by atoms with Crippen molar-refractivity contribution in [3.63, 3.8) is 0 Å². The first-order valence-electron chi connectivity index (χ1n) is 8.86. The number of nitrogens with zero attached hydrogens (tertiary/aromatic N) is 1. The van der Waals surface area contributed by atoms with E-state index in [1.54, 1.807) is 7.11 Å². The molecule has 134 valence electrons. The van der Waals surface area contributed by atoms with Crippen molar-refractivity contribution >= 4 is 5.91 Å². The van der Waals surface area contributed by atoms with Crippen LogP contribution in [0.4, 0.5) is 0 Å². The first-order valence-corrected chi connectivity index (χ1v) is 8.86. The first-order chi connectivity index (χ1) is 11.6. The van der Waals surface area contributed by atoms with Gasteiger partial charge in [-0.15, -0.1) is 0 Å². The number of benzene rings is 1. The number of carbonyl (C=O) groups is 1. The SMILES string of the molecule is COc1ccccc1OCCC(=O)NC[C@H]1CCCN(C(C)C)C1. The Kier molecular flexibility index (Phi) is 7.37. The number of hydrogen-bond acceptors (Lipinski definition) is 4. The summed E-state index contributed by atoms with van der Waals surface area (Å²) in [5, 5.41) is 3.05. The van der Waals surface area contributed by atoms with E-state index in [1.807, 2.05) is 24.3 Å². The van der Waals surface area contributed by atoms with Gasteiger partial charge in [0.2, 0.25) is 5.91 Å². The fourth-order valence-electron chi connectivity index (χ4n) is 3.07. The molecule has 5 nitrogen and oxygen atoms in total. The van der Waals surface area contributed by atoms with Crippen LogP contribution in [-0.4, -0.2) is 50.2 Å². The fraction of sp³-hybridized carbons (Fsp3) is 0.632. The average Bonchev–Trinajstić information content (AvgIpc) is 2.60. The molecule has 0 radical (unpaired) electrons. The third-order valence-corrected chi connectivity index (χ3v) is 4.52. The number of para-hydroxylation sites is 2. The highest BCUT2D eigenvalue weighted by Gasteiger charge is 2.21. The lowest BCUT2D eigenvalue weighted by Gasteiger charge is -2.35. The van der Waals surface area contributed by atoms with Crippen molar-refractivity contribution in [1.82, 2.24) is 10.2 Å². The molecule has 5 heteroatoms. The fourth-order valence-corrected chi connectivity index (χ4v) is 3.07. The third kappa shape index (κ3) is 5.71. The van der Waals surface area contributed by atoms with Crippen LogP contribution in [0.3, 0.4) is 0 Å². The van der Waals surface area contributed by atoms with Crippen molar-refractivity contribution in [3.05, 3.63) is 24.3 Å². The minimum absolute atomic E-state index is 0.0477. The predicted molar refractivity (Wildman–Crippen MR) is 95.5 cm³/mol. The zero-order valence-corrected chi connectivity index (χ0v) is 15.1. The number of nitrogens with one attached hydrogen (secondary N) is 1. The highest BCUT2D eigenvalue weighted by Crippen LogP contribution is 2.25. The Balaban J connectivity index is 1.66. The van der Waals surface area contributed by atoms with Gasteiger partial charge in [-0.2, -0.15) is 0 Å². The van der Waals surface area contributed by atoms with E-state index < -0.39 is 0 Å². The highest BCUT2D eigenvalue weighted by molar-refractivity contribution is 5.76. The number of rotatable bonds is 8. The summed E-state index contributed by atoms with van der Waals surface area (Å²) >= 11 is 0. The van der Waals surface area contributed by atoms with Crippen molar-refractivity contribution in [1.29, 1.82) is 0 Å². The van der Waals surface area contributed by atoms with E-state index in [9.17, 15) is 4.79 Å². The van der Waals surface area contributed by atoms with E-state index in [1.165, 1.54) is 19.4 Å². The maximum Gasteiger partial charge on any atom is 0.223 e. The van der Waals surface area contributed by atoms with E-state index in [2.05, 4.69) is 24.1 Å². The number of hydrogen-bond donors (Lipinski definition) is 1. The van der Waals surface area contributed by atoms with Crippen LogP contribution in [0.1, 0.15) is 33.1 Å². The Bertz CT molecular complexity index is 519. The maximum atomic E-state index is 12.0. The molecule has 0 bridgehead atoms. The van der Waals surface area contributed by atoms with Crippen molar-refractivity contribution in [2.75, 3.05) is 33.4 Å². The summed E-state index contributed by atoms with van der Waals surface area (Å²) in [6, 6.07) is 8.06. The predicted octanol–water partition coefficient (Wildman–Crippen LogP) is 2.70. The molecule has 24 heavy (non-hydrogen) atoms. The van der Waals surface area contributed by atoms with Crippen LogP contribution in [0.5, 0.6) is 11.5 Å². The zero-order chi connectivity index (χ0) is 17.4. The Morgan fingerprint density at radius 2 is 2.08 bits per heavy atom. The molecule has 1 aromatic rings. The molecule has 1 saturated heterocycles. The van der Waals surface area contributed by atoms with E-state index in [-0.39, 0.29) is 5.91 Å². The third-order valence-electron chi connectivity index (χ3n) is 4.52. The molecule has 0 aliphatic carbocycles. The number of amides is 1. The lowest BCUT2D eigenvalue weighted by Crippen LogP contribution is -2.43.